The highest BCUT2D eigenvalue weighted by molar-refractivity contribution is 7.99. The molecule has 0 aromatic heterocycles. The summed E-state index contributed by atoms with van der Waals surface area (Å²) in [5, 5.41) is 5.33. The molecule has 0 saturated carbocycles. The van der Waals surface area contributed by atoms with E-state index in [1.165, 1.54) is 0 Å². The van der Waals surface area contributed by atoms with Crippen molar-refractivity contribution in [3.8, 4) is 0 Å². The molecule has 0 unspecified atom stereocenters. The number of nitrogens with one attached hydrogen (secondary N) is 2. The second-order valence-corrected chi connectivity index (χ2v) is 7.00. The number of hydrogen-bond acceptors (Lipinski definition) is 4. The van der Waals surface area contributed by atoms with Gasteiger partial charge in [0, 0.05) is 0 Å². The molecule has 0 spiro atoms. The Morgan fingerprint density at radius 1 is 1.21 bits per heavy atom. The van der Waals surface area contributed by atoms with Crippen LogP contribution in [-0.4, -0.2) is 28.4 Å². The van der Waals surface area contributed by atoms with Crippen molar-refractivity contribution in [2.75, 3.05) is 11.5 Å². The van der Waals surface area contributed by atoms with Crippen LogP contribution in [0.2, 0.25) is 0 Å². The lowest BCUT2D eigenvalue weighted by Crippen LogP contribution is -2.62. The molecule has 1 aliphatic heterocycles. The Balaban J connectivity index is 2.85. The maximum absolute atomic E-state index is 12.3. The number of thiocarbonyl (C=S) groups is 1. The van der Waals surface area contributed by atoms with E-state index in [9.17, 15) is 9.59 Å². The summed E-state index contributed by atoms with van der Waals surface area (Å²) < 4.78 is 0. The summed E-state index contributed by atoms with van der Waals surface area (Å²) in [7, 11) is 0. The summed E-state index contributed by atoms with van der Waals surface area (Å²) in [6.07, 6.45) is 2.00. The molecule has 1 saturated heterocycles. The molecule has 0 radical (unpaired) electrons. The number of carbonyl (C=O) groups is 2. The van der Waals surface area contributed by atoms with Crippen LogP contribution >= 0.6 is 24.0 Å². The largest absolute Gasteiger partial charge is 0.302 e. The number of rotatable bonds is 7. The van der Waals surface area contributed by atoms with Gasteiger partial charge >= 0.3 is 0 Å². The molecular formula is C13H22N2O2S2. The molecule has 2 N–H and O–H groups in total. The van der Waals surface area contributed by atoms with Crippen molar-refractivity contribution < 1.29 is 9.59 Å². The van der Waals surface area contributed by atoms with Gasteiger partial charge in [-0.3, -0.25) is 9.59 Å². The average Bonchev–Trinajstić information content (AvgIpc) is 2.31. The van der Waals surface area contributed by atoms with E-state index in [-0.39, 0.29) is 16.9 Å². The third kappa shape index (κ3) is 4.18. The number of hydrogen-bond donors (Lipinski definition) is 2. The van der Waals surface area contributed by atoms with Gasteiger partial charge in [-0.1, -0.05) is 20.8 Å². The van der Waals surface area contributed by atoms with Gasteiger partial charge in [-0.2, -0.15) is 11.8 Å². The zero-order valence-corrected chi connectivity index (χ0v) is 13.4. The van der Waals surface area contributed by atoms with Crippen LogP contribution in [0.25, 0.3) is 0 Å². The summed E-state index contributed by atoms with van der Waals surface area (Å²) in [6, 6.07) is 0. The predicted molar refractivity (Wildman–Crippen MR) is 83.0 cm³/mol. The Hall–Kier alpha value is -0.620. The molecule has 0 bridgehead atoms. The third-order valence-electron chi connectivity index (χ3n) is 3.35. The van der Waals surface area contributed by atoms with Crippen LogP contribution in [0.4, 0.5) is 0 Å². The molecule has 1 rings (SSSR count). The van der Waals surface area contributed by atoms with Gasteiger partial charge in [-0.15, -0.1) is 0 Å². The maximum Gasteiger partial charge on any atom is 0.241 e. The van der Waals surface area contributed by atoms with Gasteiger partial charge in [-0.25, -0.2) is 0 Å². The molecule has 0 aromatic rings. The first-order chi connectivity index (χ1) is 8.92. The fourth-order valence-electron chi connectivity index (χ4n) is 2.08. The Kier molecular flexibility index (Phi) is 6.26. The molecule has 0 atom stereocenters. The van der Waals surface area contributed by atoms with E-state index in [0.717, 1.165) is 17.9 Å². The minimum absolute atomic E-state index is 0.123. The first-order valence-corrected chi connectivity index (χ1v) is 8.23. The second kappa shape index (κ2) is 7.24. The molecule has 1 fully saturated rings. The SMILES string of the molecule is CCSCCC1(CCC(C)C)C(=O)NC(=S)NC1=O. The van der Waals surface area contributed by atoms with Crippen molar-refractivity contribution in [3.05, 3.63) is 0 Å². The van der Waals surface area contributed by atoms with Crippen molar-refractivity contribution in [2.24, 2.45) is 11.3 Å². The molecule has 0 aromatic carbocycles. The summed E-state index contributed by atoms with van der Waals surface area (Å²) in [5.74, 6) is 1.78. The molecule has 0 aliphatic carbocycles. The molecule has 19 heavy (non-hydrogen) atoms. The van der Waals surface area contributed by atoms with Gasteiger partial charge in [0.25, 0.3) is 0 Å². The van der Waals surface area contributed by atoms with E-state index < -0.39 is 5.41 Å². The van der Waals surface area contributed by atoms with Gasteiger partial charge in [0.2, 0.25) is 11.8 Å². The van der Waals surface area contributed by atoms with Crippen molar-refractivity contribution in [3.63, 3.8) is 0 Å². The first-order valence-electron chi connectivity index (χ1n) is 6.67. The third-order valence-corrected chi connectivity index (χ3v) is 4.45. The lowest BCUT2D eigenvalue weighted by atomic mass is 9.76. The summed E-state index contributed by atoms with van der Waals surface area (Å²) in [6.45, 7) is 6.26. The highest BCUT2D eigenvalue weighted by Crippen LogP contribution is 2.33. The second-order valence-electron chi connectivity index (χ2n) is 5.20. The van der Waals surface area contributed by atoms with E-state index in [1.54, 1.807) is 11.8 Å². The van der Waals surface area contributed by atoms with Crippen molar-refractivity contribution in [2.45, 2.75) is 40.0 Å². The van der Waals surface area contributed by atoms with Crippen LogP contribution in [0.5, 0.6) is 0 Å². The Morgan fingerprint density at radius 2 is 1.79 bits per heavy atom. The highest BCUT2D eigenvalue weighted by Gasteiger charge is 2.48. The van der Waals surface area contributed by atoms with Crippen molar-refractivity contribution >= 4 is 40.9 Å². The Morgan fingerprint density at radius 3 is 2.26 bits per heavy atom. The van der Waals surface area contributed by atoms with Gasteiger partial charge in [0.15, 0.2) is 5.11 Å². The minimum atomic E-state index is -0.950. The normalized spacial score (nSPS) is 18.4. The van der Waals surface area contributed by atoms with E-state index in [1.807, 2.05) is 0 Å². The lowest BCUT2D eigenvalue weighted by molar-refractivity contribution is -0.144. The van der Waals surface area contributed by atoms with Crippen LogP contribution in [0, 0.1) is 11.3 Å². The van der Waals surface area contributed by atoms with Crippen LogP contribution in [-0.2, 0) is 9.59 Å². The standard InChI is InChI=1S/C13H22N2O2S2/c1-4-19-8-7-13(6-5-9(2)3)10(16)14-12(18)15-11(13)17/h9H,4-8H2,1-3H3,(H2,14,15,16,17,18). The molecule has 1 heterocycles. The van der Waals surface area contributed by atoms with Gasteiger partial charge < -0.3 is 10.6 Å². The topological polar surface area (TPSA) is 58.2 Å². The van der Waals surface area contributed by atoms with E-state index >= 15 is 0 Å². The van der Waals surface area contributed by atoms with Crippen molar-refractivity contribution in [1.82, 2.24) is 10.6 Å². The van der Waals surface area contributed by atoms with Crippen LogP contribution in [0.15, 0.2) is 0 Å². The van der Waals surface area contributed by atoms with Crippen LogP contribution in [0.3, 0.4) is 0 Å². The van der Waals surface area contributed by atoms with E-state index in [4.69, 9.17) is 12.2 Å². The molecule has 2 amide bonds. The Labute approximate surface area is 124 Å². The molecular weight excluding hydrogens is 280 g/mol. The van der Waals surface area contributed by atoms with Crippen LogP contribution in [0.1, 0.15) is 40.0 Å². The zero-order valence-electron chi connectivity index (χ0n) is 11.7. The lowest BCUT2D eigenvalue weighted by Gasteiger charge is -2.35. The zero-order chi connectivity index (χ0) is 14.5. The summed E-state index contributed by atoms with van der Waals surface area (Å²) >= 11 is 6.61. The van der Waals surface area contributed by atoms with E-state index in [2.05, 4.69) is 31.4 Å². The summed E-state index contributed by atoms with van der Waals surface area (Å²) in [5.41, 5.74) is -0.950. The van der Waals surface area contributed by atoms with Gasteiger partial charge in [0.05, 0.1) is 0 Å². The highest BCUT2D eigenvalue weighted by atomic mass is 32.2. The fraction of sp³-hybridized carbons (Fsp3) is 0.769. The first kappa shape index (κ1) is 16.4. The predicted octanol–water partition coefficient (Wildman–Crippen LogP) is 2.08. The molecule has 1 aliphatic rings. The number of amides is 2. The van der Waals surface area contributed by atoms with Crippen LogP contribution < -0.4 is 10.6 Å². The molecule has 6 heteroatoms. The number of carbonyl (C=O) groups excluding carboxylic acids is 2. The fourth-order valence-corrected chi connectivity index (χ4v) is 3.05. The van der Waals surface area contributed by atoms with Crippen molar-refractivity contribution in [1.29, 1.82) is 0 Å². The van der Waals surface area contributed by atoms with Gasteiger partial charge in [0.1, 0.15) is 5.41 Å². The molecule has 108 valence electrons. The van der Waals surface area contributed by atoms with Gasteiger partial charge in [-0.05, 0) is 48.9 Å². The monoisotopic (exact) mass is 302 g/mol. The smallest absolute Gasteiger partial charge is 0.241 e. The van der Waals surface area contributed by atoms with E-state index in [0.29, 0.717) is 18.8 Å². The average molecular weight is 302 g/mol. The number of thioether (sulfide) groups is 1. The Bertz CT molecular complexity index is 350. The maximum atomic E-state index is 12.3. The summed E-state index contributed by atoms with van der Waals surface area (Å²) in [4.78, 5) is 24.6. The minimum Gasteiger partial charge on any atom is -0.302 e. The molecule has 4 nitrogen and oxygen atoms in total. The quantitative estimate of drug-likeness (QED) is 0.429.